The zero-order chi connectivity index (χ0) is 11.4. The van der Waals surface area contributed by atoms with Crippen LogP contribution in [0.5, 0.6) is 0 Å². The van der Waals surface area contributed by atoms with E-state index >= 15 is 0 Å². The second kappa shape index (κ2) is 4.72. The van der Waals surface area contributed by atoms with E-state index in [1.807, 2.05) is 27.7 Å². The molecule has 15 heavy (non-hydrogen) atoms. The van der Waals surface area contributed by atoms with Crippen LogP contribution in [0.1, 0.15) is 39.3 Å². The van der Waals surface area contributed by atoms with Gasteiger partial charge in [-0.15, -0.1) is 0 Å². The van der Waals surface area contributed by atoms with Crippen molar-refractivity contribution >= 4 is 11.3 Å². The SMILES string of the molecule is CC.CC(C)c1cnc2[nH]c(=O)[nH]c2n1. The van der Waals surface area contributed by atoms with Crippen molar-refractivity contribution in [2.24, 2.45) is 0 Å². The Morgan fingerprint density at radius 1 is 1.20 bits per heavy atom. The Balaban J connectivity index is 0.000000531. The second-order valence-corrected chi connectivity index (χ2v) is 3.23. The molecule has 5 nitrogen and oxygen atoms in total. The van der Waals surface area contributed by atoms with Crippen molar-refractivity contribution in [3.05, 3.63) is 22.4 Å². The zero-order valence-corrected chi connectivity index (χ0v) is 9.46. The van der Waals surface area contributed by atoms with Crippen molar-refractivity contribution < 1.29 is 0 Å². The molecule has 5 heteroatoms. The van der Waals surface area contributed by atoms with Gasteiger partial charge in [0, 0.05) is 0 Å². The molecule has 2 aromatic heterocycles. The van der Waals surface area contributed by atoms with Crippen LogP contribution in [0.15, 0.2) is 11.0 Å². The van der Waals surface area contributed by atoms with Crippen LogP contribution in [0.3, 0.4) is 0 Å². The molecule has 2 N–H and O–H groups in total. The van der Waals surface area contributed by atoms with Crippen LogP contribution in [0.4, 0.5) is 0 Å². The lowest BCUT2D eigenvalue weighted by Crippen LogP contribution is -1.99. The highest BCUT2D eigenvalue weighted by Crippen LogP contribution is 2.11. The molecule has 0 aliphatic rings. The highest BCUT2D eigenvalue weighted by atomic mass is 16.1. The van der Waals surface area contributed by atoms with E-state index in [-0.39, 0.29) is 5.69 Å². The summed E-state index contributed by atoms with van der Waals surface area (Å²) in [6.45, 7) is 8.06. The van der Waals surface area contributed by atoms with Gasteiger partial charge in [-0.1, -0.05) is 27.7 Å². The summed E-state index contributed by atoms with van der Waals surface area (Å²) in [6.07, 6.45) is 1.68. The van der Waals surface area contributed by atoms with E-state index in [0.29, 0.717) is 17.2 Å². The lowest BCUT2D eigenvalue weighted by atomic mass is 10.1. The highest BCUT2D eigenvalue weighted by Gasteiger charge is 2.05. The van der Waals surface area contributed by atoms with Gasteiger partial charge >= 0.3 is 5.69 Å². The van der Waals surface area contributed by atoms with Crippen molar-refractivity contribution in [3.8, 4) is 0 Å². The third kappa shape index (κ3) is 2.43. The number of aromatic amines is 2. The Labute approximate surface area is 88.0 Å². The van der Waals surface area contributed by atoms with E-state index in [0.717, 1.165) is 5.69 Å². The van der Waals surface area contributed by atoms with E-state index < -0.39 is 0 Å². The minimum absolute atomic E-state index is 0.268. The highest BCUT2D eigenvalue weighted by molar-refractivity contribution is 5.63. The Bertz CT molecular complexity index is 483. The van der Waals surface area contributed by atoms with Crippen molar-refractivity contribution in [2.45, 2.75) is 33.6 Å². The van der Waals surface area contributed by atoms with Gasteiger partial charge in [-0.2, -0.15) is 0 Å². The molecule has 2 rings (SSSR count). The van der Waals surface area contributed by atoms with Crippen LogP contribution in [0.2, 0.25) is 0 Å². The minimum atomic E-state index is -0.268. The fourth-order valence-corrected chi connectivity index (χ4v) is 1.11. The molecule has 0 saturated heterocycles. The van der Waals surface area contributed by atoms with Crippen molar-refractivity contribution in [1.29, 1.82) is 0 Å². The van der Waals surface area contributed by atoms with Crippen molar-refractivity contribution in [3.63, 3.8) is 0 Å². The number of hydrogen-bond acceptors (Lipinski definition) is 3. The Morgan fingerprint density at radius 3 is 2.40 bits per heavy atom. The fourth-order valence-electron chi connectivity index (χ4n) is 1.11. The zero-order valence-electron chi connectivity index (χ0n) is 9.46. The van der Waals surface area contributed by atoms with Crippen molar-refractivity contribution in [1.82, 2.24) is 19.9 Å². The number of H-pyrrole nitrogens is 2. The van der Waals surface area contributed by atoms with Gasteiger partial charge in [0.1, 0.15) is 0 Å². The van der Waals surface area contributed by atoms with Crippen LogP contribution >= 0.6 is 0 Å². The summed E-state index contributed by atoms with van der Waals surface area (Å²) in [7, 11) is 0. The lowest BCUT2D eigenvalue weighted by molar-refractivity contribution is 0.820. The maximum absolute atomic E-state index is 10.9. The fraction of sp³-hybridized carbons (Fsp3) is 0.500. The smallest absolute Gasteiger partial charge is 0.289 e. The molecule has 0 saturated carbocycles. The van der Waals surface area contributed by atoms with Gasteiger partial charge in [-0.25, -0.2) is 14.8 Å². The van der Waals surface area contributed by atoms with E-state index in [2.05, 4.69) is 19.9 Å². The average molecular weight is 208 g/mol. The van der Waals surface area contributed by atoms with Gasteiger partial charge in [0.2, 0.25) is 0 Å². The molecular formula is C10H16N4O. The Kier molecular flexibility index (Phi) is 3.60. The number of fused-ring (bicyclic) bond motifs is 1. The molecule has 0 amide bonds. The summed E-state index contributed by atoms with van der Waals surface area (Å²) < 4.78 is 0. The summed E-state index contributed by atoms with van der Waals surface area (Å²) in [5.74, 6) is 0.315. The van der Waals surface area contributed by atoms with E-state index in [1.54, 1.807) is 6.20 Å². The number of aromatic nitrogens is 4. The molecule has 0 aromatic carbocycles. The first-order valence-corrected chi connectivity index (χ1v) is 5.12. The van der Waals surface area contributed by atoms with Gasteiger partial charge in [-0.3, -0.25) is 9.97 Å². The first-order chi connectivity index (χ1) is 7.16. The third-order valence-corrected chi connectivity index (χ3v) is 1.85. The number of rotatable bonds is 1. The van der Waals surface area contributed by atoms with Crippen LogP contribution in [-0.2, 0) is 0 Å². The monoisotopic (exact) mass is 208 g/mol. The Hall–Kier alpha value is -1.65. The van der Waals surface area contributed by atoms with E-state index in [9.17, 15) is 4.79 Å². The normalized spacial score (nSPS) is 10.2. The predicted octanol–water partition coefficient (Wildman–Crippen LogP) is 1.80. The van der Waals surface area contributed by atoms with Crippen LogP contribution < -0.4 is 5.69 Å². The molecule has 2 aromatic rings. The summed E-state index contributed by atoms with van der Waals surface area (Å²) >= 11 is 0. The van der Waals surface area contributed by atoms with E-state index in [4.69, 9.17) is 0 Å². The maximum Gasteiger partial charge on any atom is 0.326 e. The quantitative estimate of drug-likeness (QED) is 0.750. The lowest BCUT2D eigenvalue weighted by Gasteiger charge is -2.01. The summed E-state index contributed by atoms with van der Waals surface area (Å²) in [5, 5.41) is 0. The minimum Gasteiger partial charge on any atom is -0.289 e. The molecule has 0 radical (unpaired) electrons. The van der Waals surface area contributed by atoms with Crippen LogP contribution in [0.25, 0.3) is 11.3 Å². The average Bonchev–Trinajstić information content (AvgIpc) is 2.59. The molecule has 0 unspecified atom stereocenters. The number of hydrogen-bond donors (Lipinski definition) is 2. The molecule has 0 bridgehead atoms. The largest absolute Gasteiger partial charge is 0.326 e. The van der Waals surface area contributed by atoms with Gasteiger partial charge < -0.3 is 0 Å². The molecular weight excluding hydrogens is 192 g/mol. The van der Waals surface area contributed by atoms with Gasteiger partial charge in [-0.05, 0) is 5.92 Å². The number of imidazole rings is 1. The van der Waals surface area contributed by atoms with Crippen molar-refractivity contribution in [2.75, 3.05) is 0 Å². The summed E-state index contributed by atoms with van der Waals surface area (Å²) in [4.78, 5) is 24.3. The third-order valence-electron chi connectivity index (χ3n) is 1.85. The molecule has 0 spiro atoms. The predicted molar refractivity (Wildman–Crippen MR) is 59.9 cm³/mol. The van der Waals surface area contributed by atoms with Crippen LogP contribution in [-0.4, -0.2) is 19.9 Å². The molecule has 0 fully saturated rings. The first-order valence-electron chi connectivity index (χ1n) is 5.12. The number of nitrogens with one attached hydrogen (secondary N) is 2. The van der Waals surface area contributed by atoms with Gasteiger partial charge in [0.25, 0.3) is 0 Å². The summed E-state index contributed by atoms with van der Waals surface area (Å²) in [6, 6.07) is 0. The molecule has 82 valence electrons. The molecule has 0 aliphatic heterocycles. The number of nitrogens with zero attached hydrogens (tertiary/aromatic N) is 2. The standard InChI is InChI=1S/C8H10N4O.C2H6/c1-4(2)5-3-9-6-7(10-5)12-8(13)11-6;1-2/h3-4H,1-2H3,(H2,9,10,11,12,13);1-2H3. The summed E-state index contributed by atoms with van der Waals surface area (Å²) in [5.41, 5.74) is 1.64. The Morgan fingerprint density at radius 2 is 1.80 bits per heavy atom. The van der Waals surface area contributed by atoms with Gasteiger partial charge in [0.05, 0.1) is 11.9 Å². The topological polar surface area (TPSA) is 74.4 Å². The molecule has 0 aliphatic carbocycles. The van der Waals surface area contributed by atoms with Gasteiger partial charge in [0.15, 0.2) is 11.3 Å². The maximum atomic E-state index is 10.9. The molecule has 0 atom stereocenters. The van der Waals surface area contributed by atoms with E-state index in [1.165, 1.54) is 0 Å². The second-order valence-electron chi connectivity index (χ2n) is 3.23. The first kappa shape index (κ1) is 11.4. The van der Waals surface area contributed by atoms with Crippen LogP contribution in [0, 0.1) is 0 Å². The molecule has 2 heterocycles.